The van der Waals surface area contributed by atoms with Gasteiger partial charge in [0.15, 0.2) is 0 Å². The maximum atomic E-state index is 7.03. The largest absolute Gasteiger partial charge is 3.00 e. The minimum atomic E-state index is -0.711. The third-order valence-electron chi connectivity index (χ3n) is 21.7. The van der Waals surface area contributed by atoms with Gasteiger partial charge in [-0.25, -0.2) is 0 Å². The molecule has 13 heteroatoms. The molecule has 0 amide bonds. The first-order valence-corrected chi connectivity index (χ1v) is 35.0. The van der Waals surface area contributed by atoms with Crippen molar-refractivity contribution in [2.24, 2.45) is 0 Å². The zero-order valence-corrected chi connectivity index (χ0v) is 64.6. The van der Waals surface area contributed by atoms with Gasteiger partial charge in [0, 0.05) is 18.6 Å². The summed E-state index contributed by atoms with van der Waals surface area (Å²) in [7, 11) is -2.13. The van der Waals surface area contributed by atoms with Crippen molar-refractivity contribution in [1.29, 1.82) is 0 Å². The van der Waals surface area contributed by atoms with Crippen molar-refractivity contribution in [2.75, 3.05) is 0 Å². The summed E-state index contributed by atoms with van der Waals surface area (Å²) < 4.78 is 42.2. The van der Waals surface area contributed by atoms with Crippen LogP contribution in [0.25, 0.3) is 101 Å². The van der Waals surface area contributed by atoms with E-state index in [-0.39, 0.29) is 36.4 Å². The van der Waals surface area contributed by atoms with Gasteiger partial charge < -0.3 is 42.9 Å². The normalized spacial score (nSPS) is 17.6. The number of nitrogens with zero attached hydrogens (tertiary/aromatic N) is 3. The molecule has 10 aromatic rings. The molecule has 3 aliphatic heterocycles. The van der Waals surface area contributed by atoms with Crippen molar-refractivity contribution in [3.63, 3.8) is 0 Å². The predicted molar refractivity (Wildman–Crippen MR) is 409 cm³/mol. The Bertz CT molecular complexity index is 4230. The predicted octanol–water partition coefficient (Wildman–Crippen LogP) is 19.1. The van der Waals surface area contributed by atoms with Gasteiger partial charge in [0.2, 0.25) is 0 Å². The molecule has 100 heavy (non-hydrogen) atoms. The fourth-order valence-electron chi connectivity index (χ4n) is 13.3. The van der Waals surface area contributed by atoms with Crippen molar-refractivity contribution in [2.45, 2.75) is 195 Å². The van der Waals surface area contributed by atoms with Gasteiger partial charge in [-0.05, 0) is 203 Å². The fraction of sp³-hybridized carbons (Fsp3) is 0.345. The van der Waals surface area contributed by atoms with E-state index in [2.05, 4.69) is 327 Å². The first-order chi connectivity index (χ1) is 46.4. The molecule has 0 saturated carbocycles. The Hall–Kier alpha value is -7.41. The zero-order chi connectivity index (χ0) is 70.8. The van der Waals surface area contributed by atoms with Gasteiger partial charge in [0.1, 0.15) is 0 Å². The minimum Gasteiger partial charge on any atom is -0.400 e. The van der Waals surface area contributed by atoms with Crippen molar-refractivity contribution in [3.8, 4) is 101 Å². The van der Waals surface area contributed by atoms with Crippen LogP contribution in [0.5, 0.6) is 0 Å². The Kier molecular flexibility index (Phi) is 18.9. The summed E-state index contributed by atoms with van der Waals surface area (Å²) >= 11 is 0. The molecule has 6 heterocycles. The maximum Gasteiger partial charge on any atom is 3.00 e. The molecule has 3 fully saturated rings. The van der Waals surface area contributed by atoms with Gasteiger partial charge in [-0.3, -0.25) is 0 Å². The molecular weight excluding hydrogens is 1410 g/mol. The molecule has 7 aromatic carbocycles. The molecule has 0 N–H and O–H groups in total. The van der Waals surface area contributed by atoms with Crippen molar-refractivity contribution in [1.82, 2.24) is 15.0 Å². The van der Waals surface area contributed by atoms with Crippen LogP contribution in [-0.2, 0) is 64.3 Å². The van der Waals surface area contributed by atoms with Gasteiger partial charge in [-0.1, -0.05) is 203 Å². The number of aromatic nitrogens is 3. The molecule has 0 unspecified atom stereocenters. The number of pyridine rings is 3. The number of rotatable bonds is 12. The van der Waals surface area contributed by atoms with Gasteiger partial charge in [-0.15, -0.1) is 71.3 Å². The van der Waals surface area contributed by atoms with E-state index in [4.69, 9.17) is 42.9 Å². The van der Waals surface area contributed by atoms with Crippen LogP contribution >= 0.6 is 0 Å². The number of hydrogen-bond donors (Lipinski definition) is 0. The summed E-state index contributed by atoms with van der Waals surface area (Å²) in [5.74, 6) is 0. The average Bonchev–Trinajstić information content (AvgIpc) is 1.48. The summed E-state index contributed by atoms with van der Waals surface area (Å²) in [6, 6.07) is 69.9. The smallest absolute Gasteiger partial charge is 0.400 e. The molecule has 3 aromatic heterocycles. The summed E-state index contributed by atoms with van der Waals surface area (Å²) in [5, 5.41) is 0. The Labute approximate surface area is 609 Å². The van der Waals surface area contributed by atoms with E-state index in [1.54, 1.807) is 0 Å². The topological polar surface area (TPSA) is 94.1 Å². The van der Waals surface area contributed by atoms with Gasteiger partial charge >= 0.3 is 41.5 Å². The van der Waals surface area contributed by atoms with E-state index in [9.17, 15) is 0 Å². The maximum absolute atomic E-state index is 7.03. The summed E-state index contributed by atoms with van der Waals surface area (Å²) in [4.78, 5) is 14.8. The van der Waals surface area contributed by atoms with Gasteiger partial charge in [0.05, 0.1) is 33.6 Å². The SMILES string of the molecule is CC(C)(C)c1ccnc(-c2[c-]cc(-c3ccccc3-c3cc(-c4ccccc4-c4c[c-]c(-c5cc(C(C)(C)C)ccn5)cc4B4OC(C)(C)C(C)(C)O4)cc(-c4ccccc4-c4c[c-]c(-c5cc(C(C)(C)C)ccn5)cc4B4OC(C)(C)C(C)(C)O4)c3)c(B3OC(C)(C)C(C)(C)O3)c2)c1.[Ir+3]. The second-order valence-electron chi connectivity index (χ2n) is 33.4. The van der Waals surface area contributed by atoms with Crippen LogP contribution in [0, 0.1) is 18.2 Å². The summed E-state index contributed by atoms with van der Waals surface area (Å²) in [6.07, 6.45) is 5.69. The molecule has 3 saturated heterocycles. The van der Waals surface area contributed by atoms with E-state index in [1.807, 2.05) is 18.6 Å². The van der Waals surface area contributed by atoms with E-state index < -0.39 is 55.0 Å². The molecule has 0 aliphatic carbocycles. The Morgan fingerprint density at radius 1 is 0.290 bits per heavy atom. The van der Waals surface area contributed by atoms with E-state index in [1.165, 1.54) is 16.7 Å². The molecule has 510 valence electrons. The van der Waals surface area contributed by atoms with Crippen LogP contribution in [-0.4, -0.2) is 69.9 Å². The minimum absolute atomic E-state index is 0. The molecular formula is C87H93B3IrN3O6. The molecule has 0 radical (unpaired) electrons. The van der Waals surface area contributed by atoms with E-state index in [0.29, 0.717) is 0 Å². The van der Waals surface area contributed by atoms with Crippen LogP contribution in [0.3, 0.4) is 0 Å². The average molecular weight is 1500 g/mol. The molecule has 3 aliphatic rings. The van der Waals surface area contributed by atoms with Crippen LogP contribution in [0.4, 0.5) is 0 Å². The Morgan fingerprint density at radius 2 is 0.510 bits per heavy atom. The van der Waals surface area contributed by atoms with Crippen molar-refractivity contribution in [3.05, 3.63) is 217 Å². The fourth-order valence-corrected chi connectivity index (χ4v) is 13.3. The molecule has 13 rings (SSSR count). The second kappa shape index (κ2) is 26.1. The Balaban J connectivity index is 0.00000948. The zero-order valence-electron chi connectivity index (χ0n) is 62.2. The third-order valence-corrected chi connectivity index (χ3v) is 21.7. The first kappa shape index (κ1) is 72.4. The molecule has 0 spiro atoms. The third kappa shape index (κ3) is 13.8. The van der Waals surface area contributed by atoms with Gasteiger partial charge in [-0.2, -0.15) is 0 Å². The molecule has 9 nitrogen and oxygen atoms in total. The van der Waals surface area contributed by atoms with Crippen LogP contribution < -0.4 is 16.4 Å². The van der Waals surface area contributed by atoms with Crippen LogP contribution in [0.1, 0.15) is 162 Å². The van der Waals surface area contributed by atoms with E-state index in [0.717, 1.165) is 117 Å². The standard InChI is InChI=1S/C87H93B3N3O6.Ir/c1-79(2,3)61-40-43-91-76(52-61)55-34-37-70(73(49-55)88-94-82(10,11)83(12,13)95-88)67-31-25-22-28-64(67)58-46-59(65-29-23-26-32-68(65)71-38-35-56(77-53-62(41-44-92-77)80(4,5)6)50-74(71)89-96-84(14,15)85(16,17)97-89)48-60(47-58)66-30-24-27-33-69(66)72-39-36-57(78-54-63(42-45-93-78)81(7,8)9)51-75(72)90-98-86(18,19)87(20,21)99-90;/h22-33,37-54H,1-21H3;/q-3;+3. The molecule has 0 bridgehead atoms. The van der Waals surface area contributed by atoms with Crippen molar-refractivity contribution >= 4 is 37.7 Å². The van der Waals surface area contributed by atoms with Crippen molar-refractivity contribution < 1.29 is 48.0 Å². The Morgan fingerprint density at radius 3 is 0.730 bits per heavy atom. The quantitative estimate of drug-likeness (QED) is 0.0876. The van der Waals surface area contributed by atoms with Gasteiger partial charge in [0.25, 0.3) is 0 Å². The second-order valence-corrected chi connectivity index (χ2v) is 33.4. The summed E-state index contributed by atoms with van der Waals surface area (Å²) in [5.41, 5.74) is 19.0. The number of hydrogen-bond acceptors (Lipinski definition) is 9. The number of benzene rings is 7. The van der Waals surface area contributed by atoms with Crippen LogP contribution in [0.2, 0.25) is 0 Å². The van der Waals surface area contributed by atoms with E-state index >= 15 is 0 Å². The monoisotopic (exact) mass is 1500 g/mol. The first-order valence-electron chi connectivity index (χ1n) is 35.0. The molecule has 0 atom stereocenters. The van der Waals surface area contributed by atoms with Crippen LogP contribution in [0.15, 0.2) is 182 Å². The summed E-state index contributed by atoms with van der Waals surface area (Å²) in [6.45, 7) is 45.3.